The van der Waals surface area contributed by atoms with Gasteiger partial charge < -0.3 is 20.0 Å². The van der Waals surface area contributed by atoms with Crippen molar-refractivity contribution >= 4 is 41.0 Å². The lowest BCUT2D eigenvalue weighted by Gasteiger charge is -2.10. The number of nitrogens with one attached hydrogen (secondary N) is 3. The molecule has 0 amide bonds. The van der Waals surface area contributed by atoms with E-state index in [0.29, 0.717) is 6.54 Å². The summed E-state index contributed by atoms with van der Waals surface area (Å²) >= 11 is 0. The van der Waals surface area contributed by atoms with Crippen molar-refractivity contribution in [2.75, 3.05) is 13.1 Å². The third-order valence-electron chi connectivity index (χ3n) is 3.41. The molecule has 24 heavy (non-hydrogen) atoms. The van der Waals surface area contributed by atoms with Gasteiger partial charge in [-0.15, -0.1) is 24.0 Å². The molecule has 0 saturated heterocycles. The largest absolute Gasteiger partial charge is 0.467 e. The van der Waals surface area contributed by atoms with Gasteiger partial charge in [0, 0.05) is 19.5 Å². The number of benzene rings is 1. The number of fused-ring (bicyclic) bond motifs is 1. The van der Waals surface area contributed by atoms with Crippen LogP contribution < -0.4 is 10.6 Å². The molecular formula is C17H22IN5O. The molecule has 128 valence electrons. The van der Waals surface area contributed by atoms with E-state index in [9.17, 15) is 0 Å². The first-order valence-corrected chi connectivity index (χ1v) is 7.83. The monoisotopic (exact) mass is 439 g/mol. The van der Waals surface area contributed by atoms with Crippen LogP contribution >= 0.6 is 24.0 Å². The molecule has 7 heteroatoms. The maximum atomic E-state index is 5.29. The first kappa shape index (κ1) is 18.3. The number of hydrogen-bond donors (Lipinski definition) is 3. The molecule has 0 radical (unpaired) electrons. The molecule has 0 aliphatic rings. The predicted octanol–water partition coefficient (Wildman–Crippen LogP) is 3.07. The number of aromatic nitrogens is 2. The second-order valence-electron chi connectivity index (χ2n) is 5.15. The first-order chi connectivity index (χ1) is 11.3. The highest BCUT2D eigenvalue weighted by atomic mass is 127. The zero-order chi connectivity index (χ0) is 15.9. The van der Waals surface area contributed by atoms with Gasteiger partial charge >= 0.3 is 0 Å². The minimum absolute atomic E-state index is 0. The van der Waals surface area contributed by atoms with E-state index in [1.165, 1.54) is 0 Å². The number of furan rings is 1. The summed E-state index contributed by atoms with van der Waals surface area (Å²) in [6, 6.07) is 11.8. The van der Waals surface area contributed by atoms with Crippen LogP contribution in [-0.4, -0.2) is 29.0 Å². The zero-order valence-corrected chi connectivity index (χ0v) is 15.9. The van der Waals surface area contributed by atoms with E-state index in [-0.39, 0.29) is 24.0 Å². The summed E-state index contributed by atoms with van der Waals surface area (Å²) in [5.41, 5.74) is 2.07. The van der Waals surface area contributed by atoms with Gasteiger partial charge in [-0.2, -0.15) is 0 Å². The van der Waals surface area contributed by atoms with Crippen LogP contribution in [0.2, 0.25) is 0 Å². The van der Waals surface area contributed by atoms with Crippen LogP contribution in [0.4, 0.5) is 0 Å². The lowest BCUT2D eigenvalue weighted by atomic mass is 10.3. The molecular weight excluding hydrogens is 417 g/mol. The van der Waals surface area contributed by atoms with Gasteiger partial charge in [0.2, 0.25) is 0 Å². The Labute approximate surface area is 158 Å². The van der Waals surface area contributed by atoms with Crippen molar-refractivity contribution in [3.8, 4) is 0 Å². The highest BCUT2D eigenvalue weighted by Gasteiger charge is 2.03. The molecule has 3 rings (SSSR count). The number of hydrogen-bond acceptors (Lipinski definition) is 3. The predicted molar refractivity (Wildman–Crippen MR) is 107 cm³/mol. The van der Waals surface area contributed by atoms with Gasteiger partial charge in [0.15, 0.2) is 5.96 Å². The third-order valence-corrected chi connectivity index (χ3v) is 3.41. The number of para-hydroxylation sites is 2. The SMILES string of the molecule is CCNC(=NCc1ccco1)NCCc1nc2ccccc2[nH]1.I. The number of imidazole rings is 1. The van der Waals surface area contributed by atoms with Crippen LogP contribution in [0.25, 0.3) is 11.0 Å². The minimum atomic E-state index is 0. The maximum absolute atomic E-state index is 5.29. The summed E-state index contributed by atoms with van der Waals surface area (Å²) in [5.74, 6) is 2.60. The van der Waals surface area contributed by atoms with Crippen LogP contribution in [0.3, 0.4) is 0 Å². The topological polar surface area (TPSA) is 78.2 Å². The zero-order valence-electron chi connectivity index (χ0n) is 13.6. The number of aromatic amines is 1. The molecule has 2 aromatic heterocycles. The molecule has 0 spiro atoms. The highest BCUT2D eigenvalue weighted by molar-refractivity contribution is 14.0. The molecule has 1 aromatic carbocycles. The molecule has 0 saturated carbocycles. The van der Waals surface area contributed by atoms with Crippen molar-refractivity contribution in [3.63, 3.8) is 0 Å². The minimum Gasteiger partial charge on any atom is -0.467 e. The van der Waals surface area contributed by atoms with Crippen molar-refractivity contribution < 1.29 is 4.42 Å². The fraction of sp³-hybridized carbons (Fsp3) is 0.294. The van der Waals surface area contributed by atoms with Crippen LogP contribution in [0.5, 0.6) is 0 Å². The number of halogens is 1. The molecule has 0 unspecified atom stereocenters. The summed E-state index contributed by atoms with van der Waals surface area (Å²) in [7, 11) is 0. The smallest absolute Gasteiger partial charge is 0.191 e. The van der Waals surface area contributed by atoms with Gasteiger partial charge in [0.1, 0.15) is 18.1 Å². The van der Waals surface area contributed by atoms with Gasteiger partial charge in [-0.1, -0.05) is 12.1 Å². The molecule has 0 fully saturated rings. The van der Waals surface area contributed by atoms with Crippen LogP contribution in [0.15, 0.2) is 52.1 Å². The van der Waals surface area contributed by atoms with Crippen molar-refractivity contribution in [1.82, 2.24) is 20.6 Å². The Morgan fingerprint density at radius 3 is 2.83 bits per heavy atom. The maximum Gasteiger partial charge on any atom is 0.191 e. The number of rotatable bonds is 6. The Bertz CT molecular complexity index is 733. The quantitative estimate of drug-likeness (QED) is 0.314. The molecule has 0 atom stereocenters. The van der Waals surface area contributed by atoms with Crippen LogP contribution in [0.1, 0.15) is 18.5 Å². The van der Waals surface area contributed by atoms with Gasteiger partial charge in [0.05, 0.1) is 17.3 Å². The molecule has 2 heterocycles. The molecule has 3 aromatic rings. The van der Waals surface area contributed by atoms with Gasteiger partial charge in [-0.25, -0.2) is 9.98 Å². The summed E-state index contributed by atoms with van der Waals surface area (Å²) in [5, 5.41) is 6.54. The lowest BCUT2D eigenvalue weighted by Crippen LogP contribution is -2.38. The van der Waals surface area contributed by atoms with E-state index in [4.69, 9.17) is 4.42 Å². The van der Waals surface area contributed by atoms with E-state index < -0.39 is 0 Å². The van der Waals surface area contributed by atoms with Crippen LogP contribution in [0, 0.1) is 0 Å². The van der Waals surface area contributed by atoms with E-state index in [1.807, 2.05) is 43.3 Å². The average Bonchev–Trinajstić information content (AvgIpc) is 3.21. The number of H-pyrrole nitrogens is 1. The first-order valence-electron chi connectivity index (χ1n) is 7.83. The molecule has 6 nitrogen and oxygen atoms in total. The summed E-state index contributed by atoms with van der Waals surface area (Å²) in [6.45, 7) is 4.13. The summed E-state index contributed by atoms with van der Waals surface area (Å²) in [4.78, 5) is 12.4. The number of guanidine groups is 1. The molecule has 3 N–H and O–H groups in total. The normalized spacial score (nSPS) is 11.3. The van der Waals surface area contributed by atoms with Crippen molar-refractivity contribution in [1.29, 1.82) is 0 Å². The Hall–Kier alpha value is -2.03. The Morgan fingerprint density at radius 2 is 2.08 bits per heavy atom. The Balaban J connectivity index is 0.00000208. The average molecular weight is 439 g/mol. The molecule has 0 bridgehead atoms. The van der Waals surface area contributed by atoms with Gasteiger partial charge in [-0.3, -0.25) is 0 Å². The van der Waals surface area contributed by atoms with Crippen molar-refractivity contribution in [3.05, 3.63) is 54.2 Å². The van der Waals surface area contributed by atoms with E-state index >= 15 is 0 Å². The lowest BCUT2D eigenvalue weighted by molar-refractivity contribution is 0.512. The Kier molecular flexibility index (Phi) is 7.10. The fourth-order valence-electron chi connectivity index (χ4n) is 2.32. The second-order valence-corrected chi connectivity index (χ2v) is 5.15. The second kappa shape index (κ2) is 9.31. The van der Waals surface area contributed by atoms with Crippen LogP contribution in [-0.2, 0) is 13.0 Å². The molecule has 0 aliphatic heterocycles. The number of aliphatic imine (C=N–C) groups is 1. The Morgan fingerprint density at radius 1 is 1.21 bits per heavy atom. The fourth-order valence-corrected chi connectivity index (χ4v) is 2.32. The standard InChI is InChI=1S/C17H21N5O.HI/c1-2-18-17(20-12-13-6-5-11-23-13)19-10-9-16-21-14-7-3-4-8-15(14)22-16;/h3-8,11H,2,9-10,12H2,1H3,(H,21,22)(H2,18,19,20);1H. The van der Waals surface area contributed by atoms with Gasteiger partial charge in [-0.05, 0) is 31.2 Å². The summed E-state index contributed by atoms with van der Waals surface area (Å²) < 4.78 is 5.29. The van der Waals surface area contributed by atoms with Crippen molar-refractivity contribution in [2.45, 2.75) is 19.9 Å². The summed E-state index contributed by atoms with van der Waals surface area (Å²) in [6.07, 6.45) is 2.46. The van der Waals surface area contributed by atoms with Gasteiger partial charge in [0.25, 0.3) is 0 Å². The van der Waals surface area contributed by atoms with E-state index in [0.717, 1.165) is 48.1 Å². The van der Waals surface area contributed by atoms with E-state index in [1.54, 1.807) is 6.26 Å². The van der Waals surface area contributed by atoms with Crippen molar-refractivity contribution in [2.24, 2.45) is 4.99 Å². The highest BCUT2D eigenvalue weighted by Crippen LogP contribution is 2.10. The number of nitrogens with zero attached hydrogens (tertiary/aromatic N) is 2. The molecule has 0 aliphatic carbocycles. The van der Waals surface area contributed by atoms with E-state index in [2.05, 4.69) is 25.6 Å². The third kappa shape index (κ3) is 4.98.